The Bertz CT molecular complexity index is 942. The number of piperidine rings is 1. The molecule has 1 unspecified atom stereocenters. The van der Waals surface area contributed by atoms with E-state index in [0.717, 1.165) is 23.1 Å². The van der Waals surface area contributed by atoms with Gasteiger partial charge < -0.3 is 15.5 Å². The molecule has 2 aromatic carbocycles. The summed E-state index contributed by atoms with van der Waals surface area (Å²) in [7, 11) is 3.53. The van der Waals surface area contributed by atoms with E-state index in [1.54, 1.807) is 23.9 Å². The molecule has 0 spiro atoms. The normalized spacial score (nSPS) is 18.5. The molecule has 2 aromatic rings. The van der Waals surface area contributed by atoms with Gasteiger partial charge in [-0.1, -0.05) is 54.6 Å². The van der Waals surface area contributed by atoms with Gasteiger partial charge in [-0.3, -0.25) is 14.4 Å². The first-order valence-corrected chi connectivity index (χ1v) is 10.7. The molecule has 31 heavy (non-hydrogen) atoms. The second-order valence-electron chi connectivity index (χ2n) is 8.57. The Balaban J connectivity index is 1.93. The molecule has 1 heterocycles. The van der Waals surface area contributed by atoms with Gasteiger partial charge in [0.15, 0.2) is 0 Å². The molecule has 2 N–H and O–H groups in total. The highest BCUT2D eigenvalue weighted by Crippen LogP contribution is 2.38. The van der Waals surface area contributed by atoms with Crippen molar-refractivity contribution in [2.45, 2.75) is 32.1 Å². The lowest BCUT2D eigenvalue weighted by Crippen LogP contribution is -2.54. The second-order valence-corrected chi connectivity index (χ2v) is 8.57. The van der Waals surface area contributed by atoms with Crippen LogP contribution in [-0.4, -0.2) is 54.7 Å². The Hall–Kier alpha value is -3.15. The topological polar surface area (TPSA) is 83.7 Å². The van der Waals surface area contributed by atoms with Crippen molar-refractivity contribution in [2.75, 3.05) is 27.2 Å². The third kappa shape index (κ3) is 5.32. The fourth-order valence-corrected chi connectivity index (χ4v) is 4.54. The van der Waals surface area contributed by atoms with Gasteiger partial charge in [0.1, 0.15) is 0 Å². The van der Waals surface area contributed by atoms with Gasteiger partial charge in [-0.15, -0.1) is 0 Å². The zero-order valence-electron chi connectivity index (χ0n) is 18.3. The van der Waals surface area contributed by atoms with Crippen LogP contribution in [0, 0.1) is 5.41 Å². The standard InChI is InChI=1S/C25H31N3O3/c1-27(2)24(31)25(15-8-16-28(18-25)23(30)14-13-22(26)29)17-20-11-6-7-12-21(20)19-9-4-3-5-10-19/h3-7,9-12H,8,13-18H2,1-2H3,(H2,26,29). The third-order valence-corrected chi connectivity index (χ3v) is 6.01. The number of benzene rings is 2. The van der Waals surface area contributed by atoms with Crippen molar-refractivity contribution in [3.63, 3.8) is 0 Å². The highest BCUT2D eigenvalue weighted by atomic mass is 16.2. The number of nitrogens with zero attached hydrogens (tertiary/aromatic N) is 2. The lowest BCUT2D eigenvalue weighted by Gasteiger charge is -2.43. The average Bonchev–Trinajstić information content (AvgIpc) is 2.78. The van der Waals surface area contributed by atoms with Crippen LogP contribution < -0.4 is 5.73 Å². The second kappa shape index (κ2) is 9.77. The van der Waals surface area contributed by atoms with Crippen molar-refractivity contribution in [3.05, 3.63) is 60.2 Å². The zero-order valence-corrected chi connectivity index (χ0v) is 18.3. The van der Waals surface area contributed by atoms with E-state index < -0.39 is 11.3 Å². The highest BCUT2D eigenvalue weighted by molar-refractivity contribution is 5.86. The van der Waals surface area contributed by atoms with E-state index in [4.69, 9.17) is 5.73 Å². The molecule has 1 fully saturated rings. The van der Waals surface area contributed by atoms with Crippen molar-refractivity contribution in [1.82, 2.24) is 9.80 Å². The first kappa shape index (κ1) is 22.5. The largest absolute Gasteiger partial charge is 0.370 e. The summed E-state index contributed by atoms with van der Waals surface area (Å²) in [4.78, 5) is 40.6. The minimum atomic E-state index is -0.699. The summed E-state index contributed by atoms with van der Waals surface area (Å²) < 4.78 is 0. The number of primary amides is 1. The number of carbonyl (C=O) groups excluding carboxylic acids is 3. The number of amides is 3. The average molecular weight is 422 g/mol. The van der Waals surface area contributed by atoms with E-state index in [0.29, 0.717) is 25.9 Å². The molecule has 0 bridgehead atoms. The first-order valence-electron chi connectivity index (χ1n) is 10.7. The summed E-state index contributed by atoms with van der Waals surface area (Å²) in [6.45, 7) is 0.950. The van der Waals surface area contributed by atoms with E-state index in [9.17, 15) is 14.4 Å². The minimum Gasteiger partial charge on any atom is -0.370 e. The molecule has 0 saturated carbocycles. The van der Waals surface area contributed by atoms with Crippen LogP contribution in [-0.2, 0) is 20.8 Å². The van der Waals surface area contributed by atoms with Gasteiger partial charge in [0.25, 0.3) is 0 Å². The van der Waals surface area contributed by atoms with Gasteiger partial charge in [0.2, 0.25) is 17.7 Å². The van der Waals surface area contributed by atoms with E-state index in [1.807, 2.05) is 30.3 Å². The molecule has 1 aliphatic rings. The molecular formula is C25H31N3O3. The number of nitrogens with two attached hydrogens (primary N) is 1. The van der Waals surface area contributed by atoms with Crippen LogP contribution in [0.2, 0.25) is 0 Å². The predicted molar refractivity (Wildman–Crippen MR) is 121 cm³/mol. The molecular weight excluding hydrogens is 390 g/mol. The molecule has 6 heteroatoms. The first-order chi connectivity index (χ1) is 14.8. The lowest BCUT2D eigenvalue weighted by atomic mass is 9.72. The predicted octanol–water partition coefficient (Wildman–Crippen LogP) is 2.86. The Kier molecular flexibility index (Phi) is 7.10. The molecule has 0 aromatic heterocycles. The quantitative estimate of drug-likeness (QED) is 0.746. The molecule has 1 aliphatic heterocycles. The number of carbonyl (C=O) groups is 3. The lowest BCUT2D eigenvalue weighted by molar-refractivity contribution is -0.147. The highest BCUT2D eigenvalue weighted by Gasteiger charge is 2.44. The van der Waals surface area contributed by atoms with Gasteiger partial charge in [-0.05, 0) is 36.0 Å². The maximum atomic E-state index is 13.4. The molecule has 0 radical (unpaired) electrons. The Labute approximate surface area is 184 Å². The van der Waals surface area contributed by atoms with Gasteiger partial charge >= 0.3 is 0 Å². The van der Waals surface area contributed by atoms with E-state index in [-0.39, 0.29) is 24.7 Å². The van der Waals surface area contributed by atoms with Crippen molar-refractivity contribution in [3.8, 4) is 11.1 Å². The summed E-state index contributed by atoms with van der Waals surface area (Å²) in [5.41, 5.74) is 7.82. The van der Waals surface area contributed by atoms with Crippen LogP contribution in [0.4, 0.5) is 0 Å². The van der Waals surface area contributed by atoms with Crippen molar-refractivity contribution in [2.24, 2.45) is 11.1 Å². The molecule has 0 aliphatic carbocycles. The van der Waals surface area contributed by atoms with Crippen LogP contribution in [0.5, 0.6) is 0 Å². The molecule has 1 atom stereocenters. The van der Waals surface area contributed by atoms with Crippen molar-refractivity contribution in [1.29, 1.82) is 0 Å². The van der Waals surface area contributed by atoms with Crippen LogP contribution in [0.3, 0.4) is 0 Å². The minimum absolute atomic E-state index is 0.0286. The molecule has 6 nitrogen and oxygen atoms in total. The summed E-state index contributed by atoms with van der Waals surface area (Å²) in [5.74, 6) is -0.577. The Morgan fingerprint density at radius 1 is 1.00 bits per heavy atom. The number of rotatable bonds is 7. The van der Waals surface area contributed by atoms with Gasteiger partial charge in [-0.2, -0.15) is 0 Å². The molecule has 3 amide bonds. The third-order valence-electron chi connectivity index (χ3n) is 6.01. The molecule has 164 valence electrons. The summed E-state index contributed by atoms with van der Waals surface area (Å²) >= 11 is 0. The van der Waals surface area contributed by atoms with Gasteiger partial charge in [-0.25, -0.2) is 0 Å². The van der Waals surface area contributed by atoms with Crippen LogP contribution >= 0.6 is 0 Å². The van der Waals surface area contributed by atoms with E-state index >= 15 is 0 Å². The van der Waals surface area contributed by atoms with Crippen LogP contribution in [0.1, 0.15) is 31.2 Å². The number of hydrogen-bond acceptors (Lipinski definition) is 3. The Morgan fingerprint density at radius 3 is 2.35 bits per heavy atom. The van der Waals surface area contributed by atoms with E-state index in [2.05, 4.69) is 24.3 Å². The fraction of sp³-hybridized carbons (Fsp3) is 0.400. The van der Waals surface area contributed by atoms with Crippen LogP contribution in [0.25, 0.3) is 11.1 Å². The summed E-state index contributed by atoms with van der Waals surface area (Å²) in [6, 6.07) is 18.3. The maximum absolute atomic E-state index is 13.4. The molecule has 3 rings (SSSR count). The van der Waals surface area contributed by atoms with E-state index in [1.165, 1.54) is 0 Å². The Morgan fingerprint density at radius 2 is 1.68 bits per heavy atom. The number of hydrogen-bond donors (Lipinski definition) is 1. The van der Waals surface area contributed by atoms with Crippen molar-refractivity contribution < 1.29 is 14.4 Å². The number of likely N-dealkylation sites (tertiary alicyclic amines) is 1. The molecule has 1 saturated heterocycles. The monoisotopic (exact) mass is 421 g/mol. The van der Waals surface area contributed by atoms with Crippen LogP contribution in [0.15, 0.2) is 54.6 Å². The van der Waals surface area contributed by atoms with Gasteiger partial charge in [0, 0.05) is 40.0 Å². The fourth-order valence-electron chi connectivity index (χ4n) is 4.54. The smallest absolute Gasteiger partial charge is 0.230 e. The zero-order chi connectivity index (χ0) is 22.4. The SMILES string of the molecule is CN(C)C(=O)C1(Cc2ccccc2-c2ccccc2)CCCN(C(=O)CCC(N)=O)C1. The van der Waals surface area contributed by atoms with Gasteiger partial charge in [0.05, 0.1) is 5.41 Å². The van der Waals surface area contributed by atoms with Crippen molar-refractivity contribution >= 4 is 17.7 Å². The summed E-state index contributed by atoms with van der Waals surface area (Å²) in [5, 5.41) is 0. The summed E-state index contributed by atoms with van der Waals surface area (Å²) in [6.07, 6.45) is 2.12. The maximum Gasteiger partial charge on any atom is 0.230 e.